The van der Waals surface area contributed by atoms with Gasteiger partial charge in [-0.2, -0.15) is 0 Å². The summed E-state index contributed by atoms with van der Waals surface area (Å²) in [4.78, 5) is 24.8. The van der Waals surface area contributed by atoms with Gasteiger partial charge in [-0.1, -0.05) is 0 Å². The van der Waals surface area contributed by atoms with Crippen LogP contribution in [0.1, 0.15) is 27.7 Å². The molecule has 1 saturated heterocycles. The summed E-state index contributed by atoms with van der Waals surface area (Å²) in [5, 5.41) is 0. The number of Topliss-reactive ketones (excluding diaryl/α,β-unsaturated/α-hetero) is 1. The van der Waals surface area contributed by atoms with Crippen molar-refractivity contribution in [2.24, 2.45) is 5.92 Å². The highest BCUT2D eigenvalue weighted by Crippen LogP contribution is 2.22. The molecule has 1 aliphatic rings. The molecule has 1 heterocycles. The van der Waals surface area contributed by atoms with Crippen LogP contribution in [0.4, 0.5) is 4.79 Å². The third kappa shape index (κ3) is 3.70. The maximum absolute atomic E-state index is 11.8. The monoisotopic (exact) mass is 243 g/mol. The quantitative estimate of drug-likeness (QED) is 0.736. The molecule has 1 fully saturated rings. The number of hydrogen-bond donors (Lipinski definition) is 0. The van der Waals surface area contributed by atoms with Crippen LogP contribution in [-0.4, -0.2) is 48.7 Å². The van der Waals surface area contributed by atoms with Crippen molar-refractivity contribution in [2.75, 3.05) is 20.2 Å². The molecule has 0 aromatic rings. The maximum Gasteiger partial charge on any atom is 0.410 e. The summed E-state index contributed by atoms with van der Waals surface area (Å²) >= 11 is 0. The predicted molar refractivity (Wildman–Crippen MR) is 62.8 cm³/mol. The second-order valence-corrected chi connectivity index (χ2v) is 5.38. The minimum Gasteiger partial charge on any atom is -0.444 e. The van der Waals surface area contributed by atoms with Crippen LogP contribution in [0, 0.1) is 5.92 Å². The highest BCUT2D eigenvalue weighted by Gasteiger charge is 2.39. The van der Waals surface area contributed by atoms with Crippen molar-refractivity contribution in [2.45, 2.75) is 39.4 Å². The zero-order valence-electron chi connectivity index (χ0n) is 11.1. The van der Waals surface area contributed by atoms with Crippen molar-refractivity contribution in [1.82, 2.24) is 4.90 Å². The molecule has 5 nitrogen and oxygen atoms in total. The average Bonchev–Trinajstić information content (AvgIpc) is 2.58. The fourth-order valence-electron chi connectivity index (χ4n) is 1.88. The van der Waals surface area contributed by atoms with Gasteiger partial charge in [0.2, 0.25) is 0 Å². The maximum atomic E-state index is 11.8. The van der Waals surface area contributed by atoms with E-state index in [1.807, 2.05) is 20.8 Å². The fourth-order valence-corrected chi connectivity index (χ4v) is 1.88. The van der Waals surface area contributed by atoms with Gasteiger partial charge in [0.05, 0.1) is 18.6 Å². The second kappa shape index (κ2) is 5.04. The average molecular weight is 243 g/mol. The van der Waals surface area contributed by atoms with E-state index in [0.29, 0.717) is 13.1 Å². The minimum atomic E-state index is -0.520. The number of ketones is 1. The van der Waals surface area contributed by atoms with Crippen molar-refractivity contribution >= 4 is 11.9 Å². The van der Waals surface area contributed by atoms with Gasteiger partial charge >= 0.3 is 6.09 Å². The lowest BCUT2D eigenvalue weighted by Gasteiger charge is -2.24. The molecule has 2 unspecified atom stereocenters. The number of likely N-dealkylation sites (tertiary alicyclic amines) is 1. The zero-order valence-corrected chi connectivity index (χ0v) is 11.1. The number of carbonyl (C=O) groups excluding carboxylic acids is 2. The largest absolute Gasteiger partial charge is 0.444 e. The number of carbonyl (C=O) groups is 2. The van der Waals surface area contributed by atoms with Crippen LogP contribution in [0.15, 0.2) is 0 Å². The first-order valence-electron chi connectivity index (χ1n) is 5.76. The van der Waals surface area contributed by atoms with Gasteiger partial charge in [0.1, 0.15) is 11.4 Å². The molecule has 0 radical (unpaired) electrons. The van der Waals surface area contributed by atoms with E-state index in [4.69, 9.17) is 9.47 Å². The van der Waals surface area contributed by atoms with Crippen molar-refractivity contribution < 1.29 is 19.1 Å². The van der Waals surface area contributed by atoms with E-state index in [-0.39, 0.29) is 23.9 Å². The molecule has 1 amide bonds. The van der Waals surface area contributed by atoms with Gasteiger partial charge in [0, 0.05) is 13.7 Å². The molecule has 98 valence electrons. The summed E-state index contributed by atoms with van der Waals surface area (Å²) in [5.74, 6) is -0.199. The van der Waals surface area contributed by atoms with Crippen LogP contribution in [0.2, 0.25) is 0 Å². The Labute approximate surface area is 102 Å². The van der Waals surface area contributed by atoms with E-state index in [0.717, 1.165) is 0 Å². The van der Waals surface area contributed by atoms with Crippen LogP contribution < -0.4 is 0 Å². The summed E-state index contributed by atoms with van der Waals surface area (Å²) in [6.45, 7) is 7.76. The Morgan fingerprint density at radius 2 is 1.82 bits per heavy atom. The van der Waals surface area contributed by atoms with Crippen LogP contribution in [0.5, 0.6) is 0 Å². The second-order valence-electron chi connectivity index (χ2n) is 5.38. The molecule has 0 saturated carbocycles. The van der Waals surface area contributed by atoms with Crippen LogP contribution in [-0.2, 0) is 14.3 Å². The summed E-state index contributed by atoms with van der Waals surface area (Å²) in [5.41, 5.74) is -0.520. The van der Waals surface area contributed by atoms with E-state index in [1.54, 1.807) is 7.11 Å². The lowest BCUT2D eigenvalue weighted by atomic mass is 10.0. The molecule has 0 aliphatic carbocycles. The first-order valence-corrected chi connectivity index (χ1v) is 5.76. The predicted octanol–water partition coefficient (Wildman–Crippen LogP) is 1.46. The molecular formula is C12H21NO4. The van der Waals surface area contributed by atoms with Crippen molar-refractivity contribution in [3.63, 3.8) is 0 Å². The highest BCUT2D eigenvalue weighted by molar-refractivity contribution is 5.81. The molecule has 0 N–H and O–H groups in total. The lowest BCUT2D eigenvalue weighted by molar-refractivity contribution is -0.123. The SMILES string of the molecule is COC1CN(C(=O)OC(C)(C)C)CC1C(C)=O. The Bertz CT molecular complexity index is 308. The zero-order chi connectivity index (χ0) is 13.2. The Morgan fingerprint density at radius 3 is 2.18 bits per heavy atom. The number of methoxy groups -OCH3 is 1. The van der Waals surface area contributed by atoms with Crippen LogP contribution >= 0.6 is 0 Å². The standard InChI is InChI=1S/C12H21NO4/c1-8(14)9-6-13(7-10(9)16-5)11(15)17-12(2,3)4/h9-10H,6-7H2,1-5H3. The number of nitrogens with zero attached hydrogens (tertiary/aromatic N) is 1. The van der Waals surface area contributed by atoms with Gasteiger partial charge in [-0.05, 0) is 27.7 Å². The molecule has 5 heteroatoms. The van der Waals surface area contributed by atoms with Crippen molar-refractivity contribution in [3.8, 4) is 0 Å². The van der Waals surface area contributed by atoms with Crippen LogP contribution in [0.25, 0.3) is 0 Å². The van der Waals surface area contributed by atoms with Crippen molar-refractivity contribution in [1.29, 1.82) is 0 Å². The number of hydrogen-bond acceptors (Lipinski definition) is 4. The fraction of sp³-hybridized carbons (Fsp3) is 0.833. The summed E-state index contributed by atoms with van der Waals surface area (Å²) in [6, 6.07) is 0. The Morgan fingerprint density at radius 1 is 1.24 bits per heavy atom. The molecule has 0 aromatic heterocycles. The Kier molecular flexibility index (Phi) is 4.14. The Hall–Kier alpha value is -1.10. The third-order valence-electron chi connectivity index (χ3n) is 2.74. The van der Waals surface area contributed by atoms with Gasteiger partial charge in [0.25, 0.3) is 0 Å². The molecular weight excluding hydrogens is 222 g/mol. The van der Waals surface area contributed by atoms with Gasteiger partial charge in [-0.25, -0.2) is 4.79 Å². The normalized spacial score (nSPS) is 24.9. The van der Waals surface area contributed by atoms with Crippen LogP contribution in [0.3, 0.4) is 0 Å². The lowest BCUT2D eigenvalue weighted by Crippen LogP contribution is -2.36. The molecule has 0 spiro atoms. The first-order chi connectivity index (χ1) is 7.74. The van der Waals surface area contributed by atoms with Gasteiger partial charge in [-0.15, -0.1) is 0 Å². The molecule has 2 atom stereocenters. The number of rotatable bonds is 2. The molecule has 1 aliphatic heterocycles. The molecule has 0 bridgehead atoms. The minimum absolute atomic E-state index is 0.0444. The molecule has 0 aromatic carbocycles. The van der Waals surface area contributed by atoms with Gasteiger partial charge in [-0.3, -0.25) is 4.79 Å². The summed E-state index contributed by atoms with van der Waals surface area (Å²) in [6.07, 6.45) is -0.608. The first kappa shape index (κ1) is 14.0. The summed E-state index contributed by atoms with van der Waals surface area (Å²) < 4.78 is 10.5. The number of ether oxygens (including phenoxy) is 2. The Balaban J connectivity index is 2.64. The smallest absolute Gasteiger partial charge is 0.410 e. The van der Waals surface area contributed by atoms with E-state index in [2.05, 4.69) is 0 Å². The van der Waals surface area contributed by atoms with Crippen molar-refractivity contribution in [3.05, 3.63) is 0 Å². The van der Waals surface area contributed by atoms with Gasteiger partial charge in [0.15, 0.2) is 0 Å². The third-order valence-corrected chi connectivity index (χ3v) is 2.74. The van der Waals surface area contributed by atoms with E-state index in [1.165, 1.54) is 11.8 Å². The topological polar surface area (TPSA) is 55.8 Å². The molecule has 1 rings (SSSR count). The van der Waals surface area contributed by atoms with Gasteiger partial charge < -0.3 is 14.4 Å². The van der Waals surface area contributed by atoms with E-state index >= 15 is 0 Å². The molecule has 17 heavy (non-hydrogen) atoms. The van der Waals surface area contributed by atoms with E-state index < -0.39 is 5.60 Å². The summed E-state index contributed by atoms with van der Waals surface area (Å²) in [7, 11) is 1.55. The van der Waals surface area contributed by atoms with E-state index in [9.17, 15) is 9.59 Å². The number of amides is 1. The highest BCUT2D eigenvalue weighted by atomic mass is 16.6.